The Morgan fingerprint density at radius 3 is 2.91 bits per heavy atom. The zero-order chi connectivity index (χ0) is 15.5. The van der Waals surface area contributed by atoms with Crippen LogP contribution in [0.15, 0.2) is 30.5 Å². The minimum atomic E-state index is 0.224. The van der Waals surface area contributed by atoms with E-state index in [-0.39, 0.29) is 5.91 Å². The van der Waals surface area contributed by atoms with E-state index >= 15 is 0 Å². The second kappa shape index (κ2) is 6.34. The fourth-order valence-electron chi connectivity index (χ4n) is 3.15. The number of H-pyrrole nitrogens is 1. The standard InChI is InChI=1S/C18H23N3O/c1-13-6-3-4-7-15(13)10-17(22)21-9-5-8-16(12-21)18-19-11-14(2)20-18/h3-4,6-7,11,16H,5,8-10,12H2,1-2H3,(H,19,20). The summed E-state index contributed by atoms with van der Waals surface area (Å²) in [5.41, 5.74) is 3.40. The molecule has 1 saturated heterocycles. The molecule has 1 aromatic carbocycles. The summed E-state index contributed by atoms with van der Waals surface area (Å²) in [5, 5.41) is 0. The van der Waals surface area contributed by atoms with E-state index in [0.29, 0.717) is 12.3 Å². The van der Waals surface area contributed by atoms with Crippen molar-refractivity contribution in [3.63, 3.8) is 0 Å². The van der Waals surface area contributed by atoms with Gasteiger partial charge < -0.3 is 9.88 Å². The number of hydrogen-bond acceptors (Lipinski definition) is 2. The van der Waals surface area contributed by atoms with Crippen molar-refractivity contribution < 1.29 is 4.79 Å². The van der Waals surface area contributed by atoms with Gasteiger partial charge in [0.25, 0.3) is 0 Å². The number of aryl methyl sites for hydroxylation is 2. The number of carbonyl (C=O) groups excluding carboxylic acids is 1. The lowest BCUT2D eigenvalue weighted by atomic mass is 9.96. The Hall–Kier alpha value is -2.10. The van der Waals surface area contributed by atoms with E-state index in [1.165, 1.54) is 5.56 Å². The first-order valence-electron chi connectivity index (χ1n) is 7.97. The van der Waals surface area contributed by atoms with Gasteiger partial charge in [-0.1, -0.05) is 24.3 Å². The van der Waals surface area contributed by atoms with Crippen LogP contribution in [0.4, 0.5) is 0 Å². The highest BCUT2D eigenvalue weighted by Gasteiger charge is 2.26. The molecule has 0 spiro atoms. The maximum atomic E-state index is 12.6. The molecule has 1 amide bonds. The SMILES string of the molecule is Cc1cnc(C2CCCN(C(=O)Cc3ccccc3C)C2)[nH]1. The Labute approximate surface area is 131 Å². The van der Waals surface area contributed by atoms with Crippen LogP contribution in [0.25, 0.3) is 0 Å². The monoisotopic (exact) mass is 297 g/mol. The number of carbonyl (C=O) groups is 1. The second-order valence-corrected chi connectivity index (χ2v) is 6.23. The number of rotatable bonds is 3. The number of likely N-dealkylation sites (tertiary alicyclic amines) is 1. The van der Waals surface area contributed by atoms with E-state index in [4.69, 9.17) is 0 Å². The van der Waals surface area contributed by atoms with E-state index in [0.717, 1.165) is 43.0 Å². The normalized spacial score (nSPS) is 18.5. The smallest absolute Gasteiger partial charge is 0.227 e. The van der Waals surface area contributed by atoms with Crippen molar-refractivity contribution in [1.29, 1.82) is 0 Å². The predicted molar refractivity (Wildman–Crippen MR) is 86.8 cm³/mol. The minimum Gasteiger partial charge on any atom is -0.346 e. The van der Waals surface area contributed by atoms with Crippen LogP contribution < -0.4 is 0 Å². The first kappa shape index (κ1) is 14.8. The van der Waals surface area contributed by atoms with Gasteiger partial charge in [0.2, 0.25) is 5.91 Å². The van der Waals surface area contributed by atoms with E-state index in [2.05, 4.69) is 23.0 Å². The van der Waals surface area contributed by atoms with E-state index in [1.807, 2.05) is 36.2 Å². The predicted octanol–water partition coefficient (Wildman–Crippen LogP) is 2.98. The van der Waals surface area contributed by atoms with Gasteiger partial charge >= 0.3 is 0 Å². The van der Waals surface area contributed by atoms with Gasteiger partial charge in [-0.2, -0.15) is 0 Å². The first-order valence-corrected chi connectivity index (χ1v) is 7.97. The summed E-state index contributed by atoms with van der Waals surface area (Å²) in [7, 11) is 0. The highest BCUT2D eigenvalue weighted by Crippen LogP contribution is 2.25. The van der Waals surface area contributed by atoms with Gasteiger partial charge in [0.05, 0.1) is 6.42 Å². The third-order valence-corrected chi connectivity index (χ3v) is 4.49. The fourth-order valence-corrected chi connectivity index (χ4v) is 3.15. The Bertz CT molecular complexity index is 662. The van der Waals surface area contributed by atoms with Crippen LogP contribution in [0, 0.1) is 13.8 Å². The third-order valence-electron chi connectivity index (χ3n) is 4.49. The summed E-state index contributed by atoms with van der Waals surface area (Å²) in [6, 6.07) is 8.12. The quantitative estimate of drug-likeness (QED) is 0.947. The molecule has 0 saturated carbocycles. The van der Waals surface area contributed by atoms with Crippen molar-refractivity contribution in [2.24, 2.45) is 0 Å². The van der Waals surface area contributed by atoms with Gasteiger partial charge in [-0.3, -0.25) is 4.79 Å². The van der Waals surface area contributed by atoms with Gasteiger partial charge in [0.15, 0.2) is 0 Å². The van der Waals surface area contributed by atoms with Crippen molar-refractivity contribution in [2.45, 2.75) is 39.0 Å². The summed E-state index contributed by atoms with van der Waals surface area (Å²) in [4.78, 5) is 22.3. The maximum Gasteiger partial charge on any atom is 0.227 e. The van der Waals surface area contributed by atoms with E-state index in [1.54, 1.807) is 0 Å². The number of aromatic amines is 1. The Balaban J connectivity index is 1.66. The summed E-state index contributed by atoms with van der Waals surface area (Å²) >= 11 is 0. The fraction of sp³-hybridized carbons (Fsp3) is 0.444. The van der Waals surface area contributed by atoms with Gasteiger partial charge in [-0.05, 0) is 37.8 Å². The number of amides is 1. The number of nitrogens with one attached hydrogen (secondary N) is 1. The van der Waals surface area contributed by atoms with Gasteiger partial charge in [-0.25, -0.2) is 4.98 Å². The zero-order valence-corrected chi connectivity index (χ0v) is 13.3. The maximum absolute atomic E-state index is 12.6. The van der Waals surface area contributed by atoms with Crippen molar-refractivity contribution in [2.75, 3.05) is 13.1 Å². The summed E-state index contributed by atoms with van der Waals surface area (Å²) < 4.78 is 0. The molecule has 1 fully saturated rings. The van der Waals surface area contributed by atoms with Crippen LogP contribution >= 0.6 is 0 Å². The molecule has 0 aliphatic carbocycles. The zero-order valence-electron chi connectivity index (χ0n) is 13.3. The van der Waals surface area contributed by atoms with Crippen molar-refractivity contribution in [1.82, 2.24) is 14.9 Å². The lowest BCUT2D eigenvalue weighted by Gasteiger charge is -2.32. The minimum absolute atomic E-state index is 0.224. The van der Waals surface area contributed by atoms with Crippen LogP contribution in [0.2, 0.25) is 0 Å². The van der Waals surface area contributed by atoms with Crippen LogP contribution in [-0.2, 0) is 11.2 Å². The molecule has 0 bridgehead atoms. The topological polar surface area (TPSA) is 49.0 Å². The average molecular weight is 297 g/mol. The van der Waals surface area contributed by atoms with Crippen LogP contribution in [0.3, 0.4) is 0 Å². The number of hydrogen-bond donors (Lipinski definition) is 1. The summed E-state index contributed by atoms with van der Waals surface area (Å²) in [6.07, 6.45) is 4.50. The average Bonchev–Trinajstić information content (AvgIpc) is 2.96. The summed E-state index contributed by atoms with van der Waals surface area (Å²) in [6.45, 7) is 5.71. The Kier molecular flexibility index (Phi) is 4.27. The molecule has 116 valence electrons. The third kappa shape index (κ3) is 3.21. The number of aromatic nitrogens is 2. The van der Waals surface area contributed by atoms with Crippen molar-refractivity contribution in [3.8, 4) is 0 Å². The highest BCUT2D eigenvalue weighted by atomic mass is 16.2. The molecule has 4 nitrogen and oxygen atoms in total. The lowest BCUT2D eigenvalue weighted by molar-refractivity contribution is -0.131. The van der Waals surface area contributed by atoms with E-state index in [9.17, 15) is 4.79 Å². The molecule has 22 heavy (non-hydrogen) atoms. The molecule has 1 atom stereocenters. The second-order valence-electron chi connectivity index (χ2n) is 6.23. The number of nitrogens with zero attached hydrogens (tertiary/aromatic N) is 2. The first-order chi connectivity index (χ1) is 10.6. The molecule has 0 radical (unpaired) electrons. The highest BCUT2D eigenvalue weighted by molar-refractivity contribution is 5.79. The molecule has 1 N–H and O–H groups in total. The van der Waals surface area contributed by atoms with Crippen molar-refractivity contribution in [3.05, 3.63) is 53.1 Å². The number of piperidine rings is 1. The molecule has 2 heterocycles. The molecule has 3 rings (SSSR count). The summed E-state index contributed by atoms with van der Waals surface area (Å²) in [5.74, 6) is 1.58. The molecular weight excluding hydrogens is 274 g/mol. The molecule has 1 aliphatic heterocycles. The Morgan fingerprint density at radius 1 is 1.36 bits per heavy atom. The van der Waals surface area contributed by atoms with Crippen molar-refractivity contribution >= 4 is 5.91 Å². The molecule has 1 aromatic heterocycles. The van der Waals surface area contributed by atoms with Crippen LogP contribution in [0.5, 0.6) is 0 Å². The molecular formula is C18H23N3O. The molecule has 1 unspecified atom stereocenters. The van der Waals surface area contributed by atoms with Crippen LogP contribution in [-0.4, -0.2) is 33.9 Å². The molecule has 4 heteroatoms. The number of imidazole rings is 1. The van der Waals surface area contributed by atoms with Gasteiger partial charge in [0.1, 0.15) is 5.82 Å². The van der Waals surface area contributed by atoms with Gasteiger partial charge in [0, 0.05) is 30.9 Å². The lowest BCUT2D eigenvalue weighted by Crippen LogP contribution is -2.40. The Morgan fingerprint density at radius 2 is 2.18 bits per heavy atom. The molecule has 2 aromatic rings. The largest absolute Gasteiger partial charge is 0.346 e. The number of benzene rings is 1. The van der Waals surface area contributed by atoms with E-state index < -0.39 is 0 Å². The van der Waals surface area contributed by atoms with Crippen LogP contribution in [0.1, 0.15) is 41.4 Å². The molecule has 1 aliphatic rings. The van der Waals surface area contributed by atoms with Gasteiger partial charge in [-0.15, -0.1) is 0 Å².